The third-order valence-corrected chi connectivity index (χ3v) is 6.97. The van der Waals surface area contributed by atoms with Crippen LogP contribution < -0.4 is 10.6 Å². The van der Waals surface area contributed by atoms with Gasteiger partial charge in [0.15, 0.2) is 5.96 Å². The SMILES string of the molecule is CCNC(=NCC1CN(C)CCN1C)NCCN1C(=O)C2C3C=CC(C3)C2C1=O.I. The molecule has 30 heavy (non-hydrogen) atoms. The number of amides is 2. The van der Waals surface area contributed by atoms with Crippen molar-refractivity contribution in [2.45, 2.75) is 19.4 Å². The summed E-state index contributed by atoms with van der Waals surface area (Å²) in [5.74, 6) is 1.10. The van der Waals surface area contributed by atoms with Crippen molar-refractivity contribution < 1.29 is 9.59 Å². The van der Waals surface area contributed by atoms with Gasteiger partial charge in [0.1, 0.15) is 0 Å². The van der Waals surface area contributed by atoms with Crippen molar-refractivity contribution in [1.29, 1.82) is 0 Å². The van der Waals surface area contributed by atoms with E-state index in [-0.39, 0.29) is 59.5 Å². The van der Waals surface area contributed by atoms with Crippen molar-refractivity contribution in [1.82, 2.24) is 25.3 Å². The first-order chi connectivity index (χ1) is 14.0. The first-order valence-electron chi connectivity index (χ1n) is 10.9. The highest BCUT2D eigenvalue weighted by Crippen LogP contribution is 2.52. The van der Waals surface area contributed by atoms with E-state index in [0.29, 0.717) is 19.1 Å². The normalized spacial score (nSPS) is 33.8. The topological polar surface area (TPSA) is 80.3 Å². The third kappa shape index (κ3) is 4.52. The second-order valence-electron chi connectivity index (χ2n) is 8.87. The molecule has 2 aliphatic carbocycles. The van der Waals surface area contributed by atoms with Crippen molar-refractivity contribution in [3.63, 3.8) is 0 Å². The minimum absolute atomic E-state index is 0. The summed E-state index contributed by atoms with van der Waals surface area (Å²) >= 11 is 0. The number of nitrogens with zero attached hydrogens (tertiary/aromatic N) is 4. The second kappa shape index (κ2) is 9.95. The Morgan fingerprint density at radius 2 is 1.77 bits per heavy atom. The quantitative estimate of drug-likeness (QED) is 0.168. The lowest BCUT2D eigenvalue weighted by Crippen LogP contribution is -2.51. The molecule has 2 N–H and O–H groups in total. The highest BCUT2D eigenvalue weighted by molar-refractivity contribution is 14.0. The van der Waals surface area contributed by atoms with Crippen LogP contribution in [0.25, 0.3) is 0 Å². The fourth-order valence-electron chi connectivity index (χ4n) is 5.31. The van der Waals surface area contributed by atoms with Gasteiger partial charge in [-0.1, -0.05) is 12.2 Å². The Morgan fingerprint density at radius 3 is 2.40 bits per heavy atom. The molecule has 5 unspecified atom stereocenters. The highest BCUT2D eigenvalue weighted by Gasteiger charge is 2.58. The number of carbonyl (C=O) groups excluding carboxylic acids is 2. The number of guanidine groups is 1. The lowest BCUT2D eigenvalue weighted by molar-refractivity contribution is -0.140. The molecule has 1 saturated carbocycles. The molecule has 2 heterocycles. The molecule has 3 fully saturated rings. The zero-order valence-electron chi connectivity index (χ0n) is 18.2. The van der Waals surface area contributed by atoms with Crippen molar-refractivity contribution >= 4 is 41.8 Å². The van der Waals surface area contributed by atoms with Crippen molar-refractivity contribution in [3.05, 3.63) is 12.2 Å². The molecule has 2 bridgehead atoms. The summed E-state index contributed by atoms with van der Waals surface area (Å²) in [6, 6.07) is 0.397. The molecule has 2 amide bonds. The highest BCUT2D eigenvalue weighted by atomic mass is 127. The van der Waals surface area contributed by atoms with Crippen LogP contribution in [0.1, 0.15) is 13.3 Å². The zero-order chi connectivity index (χ0) is 20.5. The van der Waals surface area contributed by atoms with Crippen molar-refractivity contribution in [2.24, 2.45) is 28.7 Å². The van der Waals surface area contributed by atoms with Crippen molar-refractivity contribution in [3.8, 4) is 0 Å². The first kappa shape index (κ1) is 23.5. The molecule has 0 aromatic heterocycles. The molecular formula is C21H35IN6O2. The average molecular weight is 530 g/mol. The maximum Gasteiger partial charge on any atom is 0.233 e. The summed E-state index contributed by atoms with van der Waals surface area (Å²) in [6.45, 7) is 7.60. The van der Waals surface area contributed by atoms with E-state index < -0.39 is 0 Å². The van der Waals surface area contributed by atoms with E-state index in [2.05, 4.69) is 46.7 Å². The number of fused-ring (bicyclic) bond motifs is 5. The maximum atomic E-state index is 12.8. The largest absolute Gasteiger partial charge is 0.357 e. The Balaban J connectivity index is 0.00000256. The van der Waals surface area contributed by atoms with Gasteiger partial charge in [-0.2, -0.15) is 0 Å². The van der Waals surface area contributed by atoms with E-state index in [9.17, 15) is 9.59 Å². The van der Waals surface area contributed by atoms with Crippen LogP contribution in [0.4, 0.5) is 0 Å². The molecule has 2 aliphatic heterocycles. The number of piperazine rings is 1. The van der Waals surface area contributed by atoms with Gasteiger partial charge in [-0.15, -0.1) is 24.0 Å². The lowest BCUT2D eigenvalue weighted by atomic mass is 9.85. The van der Waals surface area contributed by atoms with Crippen LogP contribution in [-0.2, 0) is 9.59 Å². The van der Waals surface area contributed by atoms with Gasteiger partial charge in [0.05, 0.1) is 18.4 Å². The molecule has 0 aromatic rings. The monoisotopic (exact) mass is 530 g/mol. The number of imide groups is 1. The second-order valence-corrected chi connectivity index (χ2v) is 8.87. The predicted molar refractivity (Wildman–Crippen MR) is 128 cm³/mol. The van der Waals surface area contributed by atoms with E-state index >= 15 is 0 Å². The van der Waals surface area contributed by atoms with Crippen molar-refractivity contribution in [2.75, 3.05) is 59.9 Å². The number of halogens is 1. The number of allylic oxidation sites excluding steroid dienone is 2. The fraction of sp³-hybridized carbons (Fsp3) is 0.762. The maximum absolute atomic E-state index is 12.8. The minimum atomic E-state index is -0.113. The van der Waals surface area contributed by atoms with Crippen LogP contribution in [0.15, 0.2) is 17.1 Å². The molecule has 168 valence electrons. The zero-order valence-corrected chi connectivity index (χ0v) is 20.5. The van der Waals surface area contributed by atoms with E-state index in [4.69, 9.17) is 4.99 Å². The number of likely N-dealkylation sites (N-methyl/N-ethyl adjacent to an activating group) is 2. The summed E-state index contributed by atoms with van der Waals surface area (Å²) in [7, 11) is 4.30. The van der Waals surface area contributed by atoms with E-state index in [1.165, 1.54) is 4.90 Å². The average Bonchev–Trinajstić information content (AvgIpc) is 3.38. The van der Waals surface area contributed by atoms with Gasteiger partial charge in [0.25, 0.3) is 0 Å². The van der Waals surface area contributed by atoms with E-state index in [1.807, 2.05) is 6.92 Å². The van der Waals surface area contributed by atoms with Crippen LogP contribution in [0.3, 0.4) is 0 Å². The Hall–Kier alpha value is -1.20. The van der Waals surface area contributed by atoms with Gasteiger partial charge in [-0.25, -0.2) is 0 Å². The number of likely N-dealkylation sites (tertiary alicyclic amines) is 1. The predicted octanol–water partition coefficient (Wildman–Crippen LogP) is 0.212. The molecule has 5 atom stereocenters. The minimum Gasteiger partial charge on any atom is -0.357 e. The van der Waals surface area contributed by atoms with E-state index in [1.54, 1.807) is 0 Å². The van der Waals surface area contributed by atoms with Gasteiger partial charge >= 0.3 is 0 Å². The molecule has 0 radical (unpaired) electrons. The summed E-state index contributed by atoms with van der Waals surface area (Å²) in [4.78, 5) is 36.5. The first-order valence-corrected chi connectivity index (χ1v) is 10.9. The van der Waals surface area contributed by atoms with Gasteiger partial charge in [0, 0.05) is 45.3 Å². The van der Waals surface area contributed by atoms with Crippen LogP contribution in [0.5, 0.6) is 0 Å². The Morgan fingerprint density at radius 1 is 1.10 bits per heavy atom. The van der Waals surface area contributed by atoms with Crippen LogP contribution in [0, 0.1) is 23.7 Å². The number of hydrogen-bond donors (Lipinski definition) is 2. The van der Waals surface area contributed by atoms with Crippen LogP contribution >= 0.6 is 24.0 Å². The van der Waals surface area contributed by atoms with Gasteiger partial charge in [-0.05, 0) is 39.3 Å². The molecule has 0 aromatic carbocycles. The third-order valence-electron chi connectivity index (χ3n) is 6.97. The summed E-state index contributed by atoms with van der Waals surface area (Å²) in [6.07, 6.45) is 5.24. The molecule has 2 saturated heterocycles. The standard InChI is InChI=1S/C21H34N6O2.HI/c1-4-22-21(24-12-16-13-25(2)9-10-26(16)3)23-7-8-27-19(28)17-14-5-6-15(11-14)18(17)20(27)29;/h5-6,14-18H,4,7-13H2,1-3H3,(H2,22,23,24);1H. The molecule has 4 aliphatic rings. The number of hydrogen-bond acceptors (Lipinski definition) is 5. The molecule has 9 heteroatoms. The molecule has 0 spiro atoms. The fourth-order valence-corrected chi connectivity index (χ4v) is 5.31. The summed E-state index contributed by atoms with van der Waals surface area (Å²) in [5.41, 5.74) is 0. The molecule has 8 nitrogen and oxygen atoms in total. The van der Waals surface area contributed by atoms with Gasteiger partial charge in [-0.3, -0.25) is 24.4 Å². The number of nitrogens with one attached hydrogen (secondary N) is 2. The lowest BCUT2D eigenvalue weighted by Gasteiger charge is -2.36. The molecular weight excluding hydrogens is 495 g/mol. The summed E-state index contributed by atoms with van der Waals surface area (Å²) in [5, 5.41) is 6.57. The summed E-state index contributed by atoms with van der Waals surface area (Å²) < 4.78 is 0. The number of carbonyl (C=O) groups is 2. The smallest absolute Gasteiger partial charge is 0.233 e. The van der Waals surface area contributed by atoms with Crippen LogP contribution in [-0.4, -0.2) is 98.4 Å². The Bertz CT molecular complexity index is 684. The van der Waals surface area contributed by atoms with E-state index in [0.717, 1.165) is 45.1 Å². The Kier molecular flexibility index (Phi) is 7.78. The molecule has 4 rings (SSSR count). The van der Waals surface area contributed by atoms with Gasteiger partial charge in [0.2, 0.25) is 11.8 Å². The Labute approximate surface area is 196 Å². The van der Waals surface area contributed by atoms with Crippen LogP contribution in [0.2, 0.25) is 0 Å². The number of rotatable bonds is 6. The number of aliphatic imine (C=N–C) groups is 1. The van der Waals surface area contributed by atoms with Gasteiger partial charge < -0.3 is 15.5 Å².